The van der Waals surface area contributed by atoms with Crippen LogP contribution in [0.1, 0.15) is 18.1 Å². The summed E-state index contributed by atoms with van der Waals surface area (Å²) >= 11 is 0. The van der Waals surface area contributed by atoms with Crippen LogP contribution < -0.4 is 10.2 Å². The van der Waals surface area contributed by atoms with Crippen LogP contribution in [0.15, 0.2) is 54.6 Å². The first kappa shape index (κ1) is 17.8. The highest BCUT2D eigenvalue weighted by Gasteiger charge is 2.43. The Hall–Kier alpha value is -2.99. The maximum atomic E-state index is 13.7. The minimum Gasteiger partial charge on any atom is -0.360 e. The Kier molecular flexibility index (Phi) is 4.86. The Morgan fingerprint density at radius 3 is 2.58 bits per heavy atom. The number of anilines is 1. The summed E-state index contributed by atoms with van der Waals surface area (Å²) in [5, 5.41) is 13.6. The highest BCUT2D eigenvalue weighted by molar-refractivity contribution is 5.96. The van der Waals surface area contributed by atoms with E-state index in [9.17, 15) is 19.1 Å². The largest absolute Gasteiger partial charge is 0.360 e. The average Bonchev–Trinajstić information content (AvgIpc) is 2.63. The second-order valence-corrected chi connectivity index (χ2v) is 6.18. The number of hydrogen-bond acceptors (Lipinski definition) is 4. The summed E-state index contributed by atoms with van der Waals surface area (Å²) in [7, 11) is 0. The Bertz CT molecular complexity index is 881. The molecule has 0 saturated heterocycles. The van der Waals surface area contributed by atoms with Gasteiger partial charge in [0.2, 0.25) is 5.72 Å². The van der Waals surface area contributed by atoms with Crippen molar-refractivity contribution in [3.05, 3.63) is 71.6 Å². The van der Waals surface area contributed by atoms with Gasteiger partial charge in [-0.15, -0.1) is 0 Å². The minimum absolute atomic E-state index is 0.0722. The van der Waals surface area contributed by atoms with Crippen molar-refractivity contribution in [3.8, 4) is 0 Å². The Labute approximate surface area is 150 Å². The van der Waals surface area contributed by atoms with Crippen molar-refractivity contribution in [1.29, 1.82) is 0 Å². The molecule has 1 atom stereocenters. The fraction of sp³-hybridized carbons (Fsp3) is 0.200. The third kappa shape index (κ3) is 3.36. The number of fused-ring (bicyclic) bond motifs is 1. The lowest BCUT2D eigenvalue weighted by atomic mass is 9.98. The van der Waals surface area contributed by atoms with Crippen molar-refractivity contribution in [2.24, 2.45) is 0 Å². The minimum atomic E-state index is -2.04. The van der Waals surface area contributed by atoms with Crippen LogP contribution in [0.2, 0.25) is 0 Å². The Morgan fingerprint density at radius 2 is 1.85 bits per heavy atom. The number of ketones is 1. The number of nitrogens with one attached hydrogen (secondary N) is 1. The number of benzene rings is 2. The summed E-state index contributed by atoms with van der Waals surface area (Å²) in [5.41, 5.74) is -0.359. The van der Waals surface area contributed by atoms with Crippen molar-refractivity contribution in [1.82, 2.24) is 5.32 Å². The number of halogens is 1. The number of carbonyl (C=O) groups excluding carboxylic acids is 2. The van der Waals surface area contributed by atoms with Crippen molar-refractivity contribution < 1.29 is 19.1 Å². The monoisotopic (exact) mass is 354 g/mol. The molecule has 134 valence electrons. The number of amides is 1. The quantitative estimate of drug-likeness (QED) is 0.864. The molecule has 0 saturated carbocycles. The average molecular weight is 354 g/mol. The molecule has 2 aromatic carbocycles. The summed E-state index contributed by atoms with van der Waals surface area (Å²) < 4.78 is 13.7. The molecule has 1 heterocycles. The fourth-order valence-electron chi connectivity index (χ4n) is 2.93. The lowest BCUT2D eigenvalue weighted by Crippen LogP contribution is -2.60. The van der Waals surface area contributed by atoms with Crippen molar-refractivity contribution >= 4 is 23.5 Å². The van der Waals surface area contributed by atoms with E-state index in [1.54, 1.807) is 36.4 Å². The number of carbonyl (C=O) groups is 2. The number of nitrogens with zero attached hydrogens (tertiary/aromatic N) is 1. The molecule has 5 nitrogen and oxygen atoms in total. The van der Waals surface area contributed by atoms with Crippen LogP contribution >= 0.6 is 0 Å². The second-order valence-electron chi connectivity index (χ2n) is 6.18. The molecule has 1 unspecified atom stereocenters. The zero-order valence-electron chi connectivity index (χ0n) is 14.3. The van der Waals surface area contributed by atoms with E-state index in [2.05, 4.69) is 5.32 Å². The molecule has 1 aliphatic rings. The van der Waals surface area contributed by atoms with Gasteiger partial charge in [-0.05, 0) is 30.7 Å². The molecule has 0 radical (unpaired) electrons. The lowest BCUT2D eigenvalue weighted by Gasteiger charge is -2.40. The molecule has 1 amide bonds. The van der Waals surface area contributed by atoms with Gasteiger partial charge in [0.05, 0.1) is 6.54 Å². The molecular weight excluding hydrogens is 335 g/mol. The molecule has 2 aromatic rings. The van der Waals surface area contributed by atoms with Crippen LogP contribution in [0.4, 0.5) is 10.1 Å². The highest BCUT2D eigenvalue weighted by atomic mass is 19.1. The number of rotatable bonds is 5. The van der Waals surface area contributed by atoms with Gasteiger partial charge in [-0.3, -0.25) is 9.59 Å². The molecule has 2 N–H and O–H groups in total. The van der Waals surface area contributed by atoms with Gasteiger partial charge in [-0.25, -0.2) is 4.39 Å². The first-order valence-electron chi connectivity index (χ1n) is 8.21. The summed E-state index contributed by atoms with van der Waals surface area (Å²) in [5.74, 6) is -1.37. The summed E-state index contributed by atoms with van der Waals surface area (Å²) in [6.45, 7) is 1.18. The molecule has 0 fully saturated rings. The van der Waals surface area contributed by atoms with Gasteiger partial charge in [0.25, 0.3) is 5.91 Å². The number of para-hydroxylation sites is 1. The topological polar surface area (TPSA) is 69.6 Å². The Balaban J connectivity index is 1.87. The third-order valence-corrected chi connectivity index (χ3v) is 4.25. The van der Waals surface area contributed by atoms with E-state index in [0.29, 0.717) is 11.3 Å². The number of hydrogen-bond donors (Lipinski definition) is 2. The standard InChI is InChI=1S/C20H19FN2O3/c1-14(24)13-23-18-9-5-3-6-15(18)10-11-20(23,26)19(25)22-12-16-7-2-4-8-17(16)21/h2-11,26H,12-13H2,1H3,(H,22,25). The summed E-state index contributed by atoms with van der Waals surface area (Å²) in [6, 6.07) is 13.2. The van der Waals surface area contributed by atoms with Crippen LogP contribution in [0.25, 0.3) is 6.08 Å². The van der Waals surface area contributed by atoms with Gasteiger partial charge in [0.1, 0.15) is 11.6 Å². The van der Waals surface area contributed by atoms with E-state index in [1.807, 2.05) is 12.1 Å². The van der Waals surface area contributed by atoms with E-state index in [-0.39, 0.29) is 18.9 Å². The first-order chi connectivity index (χ1) is 12.4. The van der Waals surface area contributed by atoms with Crippen LogP contribution in [0, 0.1) is 5.82 Å². The van der Waals surface area contributed by atoms with E-state index >= 15 is 0 Å². The van der Waals surface area contributed by atoms with E-state index in [0.717, 1.165) is 5.56 Å². The van der Waals surface area contributed by atoms with E-state index in [1.165, 1.54) is 24.0 Å². The predicted octanol–water partition coefficient (Wildman–Crippen LogP) is 2.25. The second kappa shape index (κ2) is 7.09. The Morgan fingerprint density at radius 1 is 1.15 bits per heavy atom. The van der Waals surface area contributed by atoms with E-state index in [4.69, 9.17) is 0 Å². The smallest absolute Gasteiger partial charge is 0.278 e. The van der Waals surface area contributed by atoms with E-state index < -0.39 is 17.4 Å². The van der Waals surface area contributed by atoms with Crippen molar-refractivity contribution in [2.75, 3.05) is 11.4 Å². The van der Waals surface area contributed by atoms with Crippen LogP contribution in [0.3, 0.4) is 0 Å². The molecule has 0 aromatic heterocycles. The van der Waals surface area contributed by atoms with Crippen molar-refractivity contribution in [2.45, 2.75) is 19.2 Å². The third-order valence-electron chi connectivity index (χ3n) is 4.25. The fourth-order valence-corrected chi connectivity index (χ4v) is 2.93. The molecule has 3 rings (SSSR count). The molecule has 0 aliphatic carbocycles. The predicted molar refractivity (Wildman–Crippen MR) is 96.7 cm³/mol. The SMILES string of the molecule is CC(=O)CN1c2ccccc2C=CC1(O)C(=O)NCc1ccccc1F. The highest BCUT2D eigenvalue weighted by Crippen LogP contribution is 2.33. The van der Waals surface area contributed by atoms with Gasteiger partial charge in [0.15, 0.2) is 0 Å². The van der Waals surface area contributed by atoms with Gasteiger partial charge in [0, 0.05) is 17.8 Å². The van der Waals surface area contributed by atoms with Crippen molar-refractivity contribution in [3.63, 3.8) is 0 Å². The van der Waals surface area contributed by atoms with Crippen LogP contribution in [-0.4, -0.2) is 29.1 Å². The molecule has 1 aliphatic heterocycles. The molecular formula is C20H19FN2O3. The molecule has 6 heteroatoms. The lowest BCUT2D eigenvalue weighted by molar-refractivity contribution is -0.135. The molecule has 0 bridgehead atoms. The maximum Gasteiger partial charge on any atom is 0.278 e. The number of Topliss-reactive ketones (excluding diaryl/α,β-unsaturated/α-hetero) is 1. The van der Waals surface area contributed by atoms with Gasteiger partial charge < -0.3 is 15.3 Å². The summed E-state index contributed by atoms with van der Waals surface area (Å²) in [4.78, 5) is 25.8. The normalized spacial score (nSPS) is 18.3. The maximum absolute atomic E-state index is 13.7. The molecule has 26 heavy (non-hydrogen) atoms. The number of aliphatic hydroxyl groups is 1. The van der Waals surface area contributed by atoms with Crippen LogP contribution in [-0.2, 0) is 16.1 Å². The molecule has 0 spiro atoms. The first-order valence-corrected chi connectivity index (χ1v) is 8.21. The van der Waals surface area contributed by atoms with Gasteiger partial charge in [-0.1, -0.05) is 42.5 Å². The van der Waals surface area contributed by atoms with Gasteiger partial charge >= 0.3 is 0 Å². The zero-order valence-corrected chi connectivity index (χ0v) is 14.3. The van der Waals surface area contributed by atoms with Gasteiger partial charge in [-0.2, -0.15) is 0 Å². The summed E-state index contributed by atoms with van der Waals surface area (Å²) in [6.07, 6.45) is 2.98. The van der Waals surface area contributed by atoms with Crippen LogP contribution in [0.5, 0.6) is 0 Å². The zero-order chi connectivity index (χ0) is 18.7.